The molecule has 0 bridgehead atoms. The van der Waals surface area contributed by atoms with Gasteiger partial charge in [-0.1, -0.05) is 30.3 Å². The van der Waals surface area contributed by atoms with Crippen molar-refractivity contribution in [2.45, 2.75) is 25.7 Å². The summed E-state index contributed by atoms with van der Waals surface area (Å²) in [6, 6.07) is 14.5. The first-order valence-electron chi connectivity index (χ1n) is 8.57. The van der Waals surface area contributed by atoms with E-state index in [1.807, 2.05) is 19.1 Å². The van der Waals surface area contributed by atoms with Crippen LogP contribution in [0, 0.1) is 0 Å². The van der Waals surface area contributed by atoms with Gasteiger partial charge >= 0.3 is 0 Å². The molecule has 1 saturated heterocycles. The minimum atomic E-state index is 0.415. The standard InChI is InChI=1S/C20H25NO3/c1-3-24-17-7-4-6-16(14-17)19-9-5-8-18(20(19)23-2)15-10-12-21(22)13-11-15/h4-9,14-15,22H,3,10-13H2,1-2H3. The first-order chi connectivity index (χ1) is 11.7. The third kappa shape index (κ3) is 3.55. The fourth-order valence-electron chi connectivity index (χ4n) is 3.43. The number of hydroxylamine groups is 2. The quantitative estimate of drug-likeness (QED) is 0.887. The molecule has 0 amide bonds. The Bertz CT molecular complexity index is 678. The van der Waals surface area contributed by atoms with Gasteiger partial charge in [0.1, 0.15) is 11.5 Å². The molecule has 1 fully saturated rings. The molecule has 4 nitrogen and oxygen atoms in total. The largest absolute Gasteiger partial charge is 0.496 e. The lowest BCUT2D eigenvalue weighted by molar-refractivity contribution is -0.106. The van der Waals surface area contributed by atoms with Crippen LogP contribution in [0.4, 0.5) is 0 Å². The predicted molar refractivity (Wildman–Crippen MR) is 94.9 cm³/mol. The highest BCUT2D eigenvalue weighted by molar-refractivity contribution is 5.73. The second-order valence-corrected chi connectivity index (χ2v) is 6.12. The normalized spacial score (nSPS) is 16.1. The molecule has 0 aliphatic carbocycles. The van der Waals surface area contributed by atoms with Crippen molar-refractivity contribution in [3.8, 4) is 22.6 Å². The van der Waals surface area contributed by atoms with Gasteiger partial charge in [-0.15, -0.1) is 0 Å². The summed E-state index contributed by atoms with van der Waals surface area (Å²) in [5.41, 5.74) is 3.41. The fraction of sp³-hybridized carbons (Fsp3) is 0.400. The van der Waals surface area contributed by atoms with Crippen LogP contribution >= 0.6 is 0 Å². The summed E-state index contributed by atoms with van der Waals surface area (Å²) in [6.45, 7) is 4.05. The Morgan fingerprint density at radius 1 is 1.12 bits per heavy atom. The second kappa shape index (κ2) is 7.69. The lowest BCUT2D eigenvalue weighted by atomic mass is 9.87. The fourth-order valence-corrected chi connectivity index (χ4v) is 3.43. The highest BCUT2D eigenvalue weighted by atomic mass is 16.5. The number of para-hydroxylation sites is 1. The summed E-state index contributed by atoms with van der Waals surface area (Å²) >= 11 is 0. The number of hydrogen-bond acceptors (Lipinski definition) is 4. The second-order valence-electron chi connectivity index (χ2n) is 6.12. The summed E-state index contributed by atoms with van der Waals surface area (Å²) in [5.74, 6) is 2.22. The van der Waals surface area contributed by atoms with Gasteiger partial charge in [0.2, 0.25) is 0 Å². The van der Waals surface area contributed by atoms with Crippen LogP contribution in [0.3, 0.4) is 0 Å². The molecule has 0 radical (unpaired) electrons. The third-order valence-corrected chi connectivity index (χ3v) is 4.62. The van der Waals surface area contributed by atoms with E-state index in [1.165, 1.54) is 10.6 Å². The molecule has 2 aromatic carbocycles. The number of piperidine rings is 1. The van der Waals surface area contributed by atoms with Crippen LogP contribution in [0.5, 0.6) is 11.5 Å². The molecule has 2 aromatic rings. The van der Waals surface area contributed by atoms with Crippen LogP contribution in [0.2, 0.25) is 0 Å². The van der Waals surface area contributed by atoms with Gasteiger partial charge in [0.05, 0.1) is 13.7 Å². The van der Waals surface area contributed by atoms with E-state index in [4.69, 9.17) is 9.47 Å². The van der Waals surface area contributed by atoms with Gasteiger partial charge in [-0.25, -0.2) is 0 Å². The van der Waals surface area contributed by atoms with Gasteiger partial charge < -0.3 is 14.7 Å². The zero-order valence-electron chi connectivity index (χ0n) is 14.4. The van der Waals surface area contributed by atoms with Crippen molar-refractivity contribution in [3.63, 3.8) is 0 Å². The van der Waals surface area contributed by atoms with Crippen molar-refractivity contribution in [1.82, 2.24) is 5.06 Å². The van der Waals surface area contributed by atoms with Gasteiger partial charge in [0.25, 0.3) is 0 Å². The maximum Gasteiger partial charge on any atom is 0.130 e. The summed E-state index contributed by atoms with van der Waals surface area (Å²) in [5, 5.41) is 11.0. The smallest absolute Gasteiger partial charge is 0.130 e. The van der Waals surface area contributed by atoms with Crippen LogP contribution in [-0.4, -0.2) is 37.1 Å². The molecule has 0 unspecified atom stereocenters. The van der Waals surface area contributed by atoms with E-state index in [2.05, 4.69) is 30.3 Å². The van der Waals surface area contributed by atoms with E-state index < -0.39 is 0 Å². The number of rotatable bonds is 5. The lowest BCUT2D eigenvalue weighted by Gasteiger charge is -2.29. The van der Waals surface area contributed by atoms with E-state index in [9.17, 15) is 5.21 Å². The molecule has 24 heavy (non-hydrogen) atoms. The summed E-state index contributed by atoms with van der Waals surface area (Å²) in [4.78, 5) is 0. The van der Waals surface area contributed by atoms with Crippen molar-refractivity contribution in [1.29, 1.82) is 0 Å². The number of benzene rings is 2. The molecule has 0 aromatic heterocycles. The van der Waals surface area contributed by atoms with Crippen LogP contribution in [0.15, 0.2) is 42.5 Å². The highest BCUT2D eigenvalue weighted by Gasteiger charge is 2.23. The van der Waals surface area contributed by atoms with Gasteiger partial charge in [0, 0.05) is 18.7 Å². The Balaban J connectivity index is 1.97. The molecule has 0 spiro atoms. The summed E-state index contributed by atoms with van der Waals surface area (Å²) < 4.78 is 11.4. The van der Waals surface area contributed by atoms with E-state index in [0.29, 0.717) is 25.6 Å². The monoisotopic (exact) mass is 327 g/mol. The third-order valence-electron chi connectivity index (χ3n) is 4.62. The number of ether oxygens (including phenoxy) is 2. The molecule has 1 heterocycles. The number of hydrogen-bond donors (Lipinski definition) is 1. The molecular formula is C20H25NO3. The Labute approximate surface area is 143 Å². The van der Waals surface area contributed by atoms with Crippen LogP contribution in [-0.2, 0) is 0 Å². The molecule has 0 atom stereocenters. The van der Waals surface area contributed by atoms with Crippen molar-refractivity contribution in [2.24, 2.45) is 0 Å². The molecule has 1 aliphatic heterocycles. The minimum absolute atomic E-state index is 0.415. The maximum absolute atomic E-state index is 9.60. The first-order valence-corrected chi connectivity index (χ1v) is 8.57. The summed E-state index contributed by atoms with van der Waals surface area (Å²) in [7, 11) is 1.73. The van der Waals surface area contributed by atoms with E-state index in [-0.39, 0.29) is 0 Å². The molecule has 128 valence electrons. The van der Waals surface area contributed by atoms with Crippen molar-refractivity contribution >= 4 is 0 Å². The van der Waals surface area contributed by atoms with Gasteiger partial charge in [-0.2, -0.15) is 5.06 Å². The Hall–Kier alpha value is -2.04. The van der Waals surface area contributed by atoms with Crippen molar-refractivity contribution in [2.75, 3.05) is 26.8 Å². The molecule has 3 rings (SSSR count). The number of nitrogens with zero attached hydrogens (tertiary/aromatic N) is 1. The Morgan fingerprint density at radius 3 is 2.58 bits per heavy atom. The van der Waals surface area contributed by atoms with E-state index >= 15 is 0 Å². The topological polar surface area (TPSA) is 41.9 Å². The zero-order valence-corrected chi connectivity index (χ0v) is 14.4. The van der Waals surface area contributed by atoms with Crippen LogP contribution in [0.1, 0.15) is 31.2 Å². The Kier molecular flexibility index (Phi) is 5.38. The minimum Gasteiger partial charge on any atom is -0.496 e. The molecular weight excluding hydrogens is 302 g/mol. The average Bonchev–Trinajstić information content (AvgIpc) is 2.62. The first kappa shape index (κ1) is 16.8. The maximum atomic E-state index is 9.60. The van der Waals surface area contributed by atoms with Crippen LogP contribution in [0.25, 0.3) is 11.1 Å². The number of methoxy groups -OCH3 is 1. The molecule has 1 N–H and O–H groups in total. The molecule has 0 saturated carbocycles. The van der Waals surface area contributed by atoms with Crippen LogP contribution < -0.4 is 9.47 Å². The molecule has 1 aliphatic rings. The van der Waals surface area contributed by atoms with Gasteiger partial charge in [-0.3, -0.25) is 0 Å². The average molecular weight is 327 g/mol. The van der Waals surface area contributed by atoms with Crippen molar-refractivity contribution < 1.29 is 14.7 Å². The highest BCUT2D eigenvalue weighted by Crippen LogP contribution is 2.40. The zero-order chi connectivity index (χ0) is 16.9. The van der Waals surface area contributed by atoms with Gasteiger partial charge in [0.15, 0.2) is 0 Å². The Morgan fingerprint density at radius 2 is 1.88 bits per heavy atom. The van der Waals surface area contributed by atoms with Crippen molar-refractivity contribution in [3.05, 3.63) is 48.0 Å². The lowest BCUT2D eigenvalue weighted by Crippen LogP contribution is -2.30. The van der Waals surface area contributed by atoms with E-state index in [1.54, 1.807) is 7.11 Å². The summed E-state index contributed by atoms with van der Waals surface area (Å²) in [6.07, 6.45) is 1.88. The SMILES string of the molecule is CCOc1cccc(-c2cccc(C3CCN(O)CC3)c2OC)c1. The van der Waals surface area contributed by atoms with E-state index in [0.717, 1.165) is 35.5 Å². The molecule has 4 heteroatoms. The van der Waals surface area contributed by atoms with Gasteiger partial charge in [-0.05, 0) is 48.9 Å². The predicted octanol–water partition coefficient (Wildman–Crippen LogP) is 4.33.